The van der Waals surface area contributed by atoms with E-state index < -0.39 is 0 Å². The highest BCUT2D eigenvalue weighted by atomic mass is 32.1. The van der Waals surface area contributed by atoms with Crippen LogP contribution in [-0.2, 0) is 12.8 Å². The minimum atomic E-state index is 0.536. The van der Waals surface area contributed by atoms with E-state index >= 15 is 0 Å². The Morgan fingerprint density at radius 3 is 2.67 bits per heavy atom. The molecular formula is C14H21N3S. The summed E-state index contributed by atoms with van der Waals surface area (Å²) in [5.41, 5.74) is 1.23. The fraction of sp³-hybridized carbons (Fsp3) is 0.714. The first-order chi connectivity index (χ1) is 8.78. The molecule has 18 heavy (non-hydrogen) atoms. The Morgan fingerprint density at radius 1 is 1.39 bits per heavy atom. The van der Waals surface area contributed by atoms with Gasteiger partial charge in [0.1, 0.15) is 0 Å². The van der Waals surface area contributed by atoms with Gasteiger partial charge in [-0.3, -0.25) is 0 Å². The lowest BCUT2D eigenvalue weighted by Gasteiger charge is -2.16. The normalized spacial score (nSPS) is 15.0. The quantitative estimate of drug-likeness (QED) is 0.759. The van der Waals surface area contributed by atoms with Crippen molar-refractivity contribution >= 4 is 11.3 Å². The third-order valence-electron chi connectivity index (χ3n) is 3.51. The Hall–Kier alpha value is -0.920. The van der Waals surface area contributed by atoms with Crippen LogP contribution in [0.4, 0.5) is 0 Å². The number of nitrogens with zero attached hydrogens (tertiary/aromatic N) is 3. The lowest BCUT2D eigenvalue weighted by Crippen LogP contribution is -2.25. The zero-order chi connectivity index (χ0) is 13.0. The van der Waals surface area contributed by atoms with Crippen LogP contribution in [0.1, 0.15) is 48.2 Å². The van der Waals surface area contributed by atoms with Crippen LogP contribution in [0.5, 0.6) is 0 Å². The Morgan fingerprint density at radius 2 is 2.11 bits per heavy atom. The molecule has 0 amide bonds. The number of hydrogen-bond donors (Lipinski definition) is 0. The molecular weight excluding hydrogens is 242 g/mol. The van der Waals surface area contributed by atoms with Crippen molar-refractivity contribution in [3.05, 3.63) is 15.6 Å². The highest BCUT2D eigenvalue weighted by molar-refractivity contribution is 7.11. The monoisotopic (exact) mass is 263 g/mol. The molecule has 3 nitrogen and oxygen atoms in total. The van der Waals surface area contributed by atoms with E-state index in [2.05, 4.69) is 24.8 Å². The molecule has 1 aliphatic rings. The summed E-state index contributed by atoms with van der Waals surface area (Å²) >= 11 is 1.76. The third kappa shape index (κ3) is 3.30. The van der Waals surface area contributed by atoms with E-state index in [0.717, 1.165) is 26.1 Å². The number of rotatable bonds is 7. The number of aromatic nitrogens is 1. The second-order valence-corrected chi connectivity index (χ2v) is 5.97. The van der Waals surface area contributed by atoms with E-state index in [1.165, 1.54) is 28.4 Å². The van der Waals surface area contributed by atoms with Crippen molar-refractivity contribution in [2.45, 2.75) is 45.4 Å². The van der Waals surface area contributed by atoms with E-state index in [4.69, 9.17) is 10.2 Å². The highest BCUT2D eigenvalue weighted by Crippen LogP contribution is 2.42. The topological polar surface area (TPSA) is 39.9 Å². The van der Waals surface area contributed by atoms with Crippen molar-refractivity contribution in [2.24, 2.45) is 0 Å². The molecule has 1 aromatic rings. The largest absolute Gasteiger partial charge is 0.303 e. The minimum absolute atomic E-state index is 0.536. The molecule has 0 atom stereocenters. The minimum Gasteiger partial charge on any atom is -0.303 e. The number of likely N-dealkylation sites (N-methyl/N-ethyl adjacent to an activating group) is 1. The van der Waals surface area contributed by atoms with Gasteiger partial charge in [0.25, 0.3) is 0 Å². The fourth-order valence-corrected chi connectivity index (χ4v) is 3.26. The van der Waals surface area contributed by atoms with Crippen molar-refractivity contribution in [1.29, 1.82) is 5.26 Å². The molecule has 1 saturated carbocycles. The molecule has 0 aromatic carbocycles. The molecule has 0 spiro atoms. The maximum absolute atomic E-state index is 8.87. The second-order valence-electron chi connectivity index (χ2n) is 4.80. The predicted octanol–water partition coefficient (Wildman–Crippen LogP) is 2.97. The summed E-state index contributed by atoms with van der Waals surface area (Å²) in [6.45, 7) is 7.67. The zero-order valence-corrected chi connectivity index (χ0v) is 12.1. The van der Waals surface area contributed by atoms with Gasteiger partial charge in [-0.1, -0.05) is 13.8 Å². The molecule has 1 fully saturated rings. The van der Waals surface area contributed by atoms with Crippen LogP contribution in [0.2, 0.25) is 0 Å². The van der Waals surface area contributed by atoms with Gasteiger partial charge in [0.05, 0.1) is 23.2 Å². The summed E-state index contributed by atoms with van der Waals surface area (Å²) < 4.78 is 0. The van der Waals surface area contributed by atoms with E-state index in [0.29, 0.717) is 12.3 Å². The summed E-state index contributed by atoms with van der Waals surface area (Å²) in [5.74, 6) is 0.659. The number of nitriles is 1. The van der Waals surface area contributed by atoms with Crippen molar-refractivity contribution in [3.8, 4) is 6.07 Å². The second kappa shape index (κ2) is 6.31. The summed E-state index contributed by atoms with van der Waals surface area (Å²) in [4.78, 5) is 8.41. The fourth-order valence-electron chi connectivity index (χ4n) is 2.19. The van der Waals surface area contributed by atoms with Crippen LogP contribution < -0.4 is 0 Å². The molecule has 0 aliphatic heterocycles. The van der Waals surface area contributed by atoms with Gasteiger partial charge in [-0.25, -0.2) is 4.98 Å². The van der Waals surface area contributed by atoms with Gasteiger partial charge in [-0.05, 0) is 25.9 Å². The van der Waals surface area contributed by atoms with E-state index in [-0.39, 0.29) is 0 Å². The average molecular weight is 263 g/mol. The van der Waals surface area contributed by atoms with Gasteiger partial charge in [-0.15, -0.1) is 11.3 Å². The van der Waals surface area contributed by atoms with Gasteiger partial charge < -0.3 is 4.90 Å². The first-order valence-electron chi connectivity index (χ1n) is 6.86. The highest BCUT2D eigenvalue weighted by Gasteiger charge is 2.29. The van der Waals surface area contributed by atoms with Crippen LogP contribution in [0, 0.1) is 11.3 Å². The van der Waals surface area contributed by atoms with Gasteiger partial charge in [0.2, 0.25) is 0 Å². The first kappa shape index (κ1) is 13.5. The summed E-state index contributed by atoms with van der Waals surface area (Å²) in [6, 6.07) is 2.27. The summed E-state index contributed by atoms with van der Waals surface area (Å²) in [5, 5.41) is 10.1. The molecule has 1 aromatic heterocycles. The average Bonchev–Trinajstić information content (AvgIpc) is 3.14. The maximum Gasteiger partial charge on any atom is 0.0944 e. The van der Waals surface area contributed by atoms with Gasteiger partial charge >= 0.3 is 0 Å². The molecule has 0 bridgehead atoms. The van der Waals surface area contributed by atoms with Crippen molar-refractivity contribution in [2.75, 3.05) is 19.6 Å². The SMILES string of the molecule is CCN(CC)CCc1nc(C2CC2)c(CC#N)s1. The molecule has 4 heteroatoms. The van der Waals surface area contributed by atoms with Crippen LogP contribution in [0.25, 0.3) is 0 Å². The number of hydrogen-bond acceptors (Lipinski definition) is 4. The van der Waals surface area contributed by atoms with Crippen LogP contribution >= 0.6 is 11.3 Å². The zero-order valence-electron chi connectivity index (χ0n) is 11.3. The van der Waals surface area contributed by atoms with Crippen molar-refractivity contribution in [1.82, 2.24) is 9.88 Å². The predicted molar refractivity (Wildman–Crippen MR) is 74.9 cm³/mol. The van der Waals surface area contributed by atoms with Crippen LogP contribution in [0.3, 0.4) is 0 Å². The van der Waals surface area contributed by atoms with Crippen LogP contribution in [0.15, 0.2) is 0 Å². The summed E-state index contributed by atoms with van der Waals surface area (Å²) in [7, 11) is 0. The Bertz CT molecular complexity index is 425. The lowest BCUT2D eigenvalue weighted by atomic mass is 10.2. The summed E-state index contributed by atoms with van der Waals surface area (Å²) in [6.07, 6.45) is 4.08. The Balaban J connectivity index is 2.00. The smallest absolute Gasteiger partial charge is 0.0944 e. The molecule has 1 heterocycles. The van der Waals surface area contributed by atoms with Crippen molar-refractivity contribution in [3.63, 3.8) is 0 Å². The third-order valence-corrected chi connectivity index (χ3v) is 4.64. The van der Waals surface area contributed by atoms with Gasteiger partial charge in [0.15, 0.2) is 0 Å². The standard InChI is InChI=1S/C14H21N3S/c1-3-17(4-2)10-8-13-16-14(11-5-6-11)12(18-13)7-9-15/h11H,3-8,10H2,1-2H3. The molecule has 2 rings (SSSR count). The Labute approximate surface area is 113 Å². The molecule has 0 N–H and O–H groups in total. The van der Waals surface area contributed by atoms with E-state index in [9.17, 15) is 0 Å². The van der Waals surface area contributed by atoms with E-state index in [1.807, 2.05) is 0 Å². The lowest BCUT2D eigenvalue weighted by molar-refractivity contribution is 0.308. The molecule has 98 valence electrons. The molecule has 0 radical (unpaired) electrons. The van der Waals surface area contributed by atoms with Gasteiger partial charge in [0, 0.05) is 23.8 Å². The molecule has 0 unspecified atom stereocenters. The maximum atomic E-state index is 8.87. The van der Waals surface area contributed by atoms with Crippen LogP contribution in [-0.4, -0.2) is 29.5 Å². The van der Waals surface area contributed by atoms with Gasteiger partial charge in [-0.2, -0.15) is 5.26 Å². The first-order valence-corrected chi connectivity index (χ1v) is 7.67. The Kier molecular flexibility index (Phi) is 4.73. The molecule has 1 aliphatic carbocycles. The van der Waals surface area contributed by atoms with E-state index in [1.54, 1.807) is 11.3 Å². The molecule has 0 saturated heterocycles. The number of thiazole rings is 1. The van der Waals surface area contributed by atoms with Crippen molar-refractivity contribution < 1.29 is 0 Å².